The second-order valence-electron chi connectivity index (χ2n) is 8.55. The summed E-state index contributed by atoms with van der Waals surface area (Å²) in [5.41, 5.74) is 1.31. The number of esters is 1. The van der Waals surface area contributed by atoms with E-state index < -0.39 is 39.3 Å². The zero-order chi connectivity index (χ0) is 25.1. The number of ether oxygens (including phenoxy) is 1. The minimum absolute atomic E-state index is 0.00282. The van der Waals surface area contributed by atoms with E-state index >= 15 is 0 Å². The molecule has 2 unspecified atom stereocenters. The van der Waals surface area contributed by atoms with Crippen LogP contribution in [0.4, 0.5) is 5.69 Å². The molecule has 0 radical (unpaired) electrons. The lowest BCUT2D eigenvalue weighted by molar-refractivity contribution is -0.157. The maximum absolute atomic E-state index is 13.6. The predicted molar refractivity (Wildman–Crippen MR) is 131 cm³/mol. The molecule has 1 fully saturated rings. The van der Waals surface area contributed by atoms with Crippen LogP contribution in [0.2, 0.25) is 0 Å². The van der Waals surface area contributed by atoms with Gasteiger partial charge in [0.25, 0.3) is 10.0 Å². The Morgan fingerprint density at radius 1 is 1.31 bits per heavy atom. The fourth-order valence-electron chi connectivity index (χ4n) is 4.88. The predicted octanol–water partition coefficient (Wildman–Crippen LogP) is 1.74. The Kier molecular flexibility index (Phi) is 5.91. The average molecular weight is 517 g/mol. The van der Waals surface area contributed by atoms with E-state index in [1.807, 2.05) is 6.07 Å². The van der Waals surface area contributed by atoms with Crippen molar-refractivity contribution in [3.05, 3.63) is 59.2 Å². The summed E-state index contributed by atoms with van der Waals surface area (Å²) < 4.78 is 33.6. The monoisotopic (exact) mass is 516 g/mol. The second kappa shape index (κ2) is 8.66. The number of aliphatic hydroxyl groups is 2. The molecule has 1 saturated heterocycles. The highest BCUT2D eigenvalue weighted by Gasteiger charge is 2.58. The van der Waals surface area contributed by atoms with E-state index in [4.69, 9.17) is 4.74 Å². The van der Waals surface area contributed by atoms with Crippen molar-refractivity contribution >= 4 is 50.1 Å². The van der Waals surface area contributed by atoms with E-state index in [2.05, 4.69) is 6.58 Å². The minimum atomic E-state index is -3.94. The molecule has 1 amide bonds. The van der Waals surface area contributed by atoms with Crippen LogP contribution in [0.15, 0.2) is 58.5 Å². The number of hydrogen-bond donors (Lipinski definition) is 2. The van der Waals surface area contributed by atoms with Gasteiger partial charge < -0.3 is 14.9 Å². The normalized spacial score (nSPS) is 22.9. The van der Waals surface area contributed by atoms with Crippen molar-refractivity contribution in [1.82, 2.24) is 4.90 Å². The van der Waals surface area contributed by atoms with Crippen LogP contribution >= 0.6 is 11.8 Å². The van der Waals surface area contributed by atoms with E-state index in [9.17, 15) is 28.2 Å². The van der Waals surface area contributed by atoms with Crippen LogP contribution in [0, 0.1) is 5.92 Å². The molecule has 184 valence electrons. The third-order valence-electron chi connectivity index (χ3n) is 6.47. The zero-order valence-corrected chi connectivity index (χ0v) is 20.5. The number of sulfonamides is 1. The van der Waals surface area contributed by atoms with Crippen LogP contribution in [-0.2, 0) is 30.8 Å². The molecule has 2 N–H and O–H groups in total. The Balaban J connectivity index is 1.58. The summed E-state index contributed by atoms with van der Waals surface area (Å²) in [6, 6.07) is 8.53. The summed E-state index contributed by atoms with van der Waals surface area (Å²) in [5.74, 6) is -1.84. The maximum Gasteiger partial charge on any atom is 0.356 e. The van der Waals surface area contributed by atoms with E-state index in [1.165, 1.54) is 34.0 Å². The molecule has 11 heteroatoms. The van der Waals surface area contributed by atoms with E-state index in [0.717, 1.165) is 10.9 Å². The molecule has 0 aromatic heterocycles. The molecule has 5 rings (SSSR count). The Morgan fingerprint density at radius 2 is 2.09 bits per heavy atom. The first-order valence-corrected chi connectivity index (χ1v) is 13.4. The van der Waals surface area contributed by atoms with Gasteiger partial charge in [-0.15, -0.1) is 0 Å². The number of β-lactam (4-membered cyclic amide) rings is 1. The summed E-state index contributed by atoms with van der Waals surface area (Å²) in [4.78, 5) is 27.5. The molecule has 3 heterocycles. The fourth-order valence-corrected chi connectivity index (χ4v) is 8.22. The first-order valence-electron chi connectivity index (χ1n) is 11.1. The number of carbonyl (C=O) groups is 2. The first-order chi connectivity index (χ1) is 16.7. The molecule has 2 aromatic rings. The molecule has 2 aromatic carbocycles. The Morgan fingerprint density at radius 3 is 2.77 bits per heavy atom. The molecule has 0 bridgehead atoms. The van der Waals surface area contributed by atoms with Gasteiger partial charge in [0.2, 0.25) is 5.91 Å². The van der Waals surface area contributed by atoms with E-state index in [1.54, 1.807) is 24.3 Å². The smallest absolute Gasteiger partial charge is 0.356 e. The van der Waals surface area contributed by atoms with Crippen LogP contribution in [0.25, 0.3) is 10.8 Å². The van der Waals surface area contributed by atoms with Crippen LogP contribution in [0.5, 0.6) is 0 Å². The van der Waals surface area contributed by atoms with Crippen LogP contribution < -0.4 is 4.31 Å². The number of fused-ring (bicyclic) bond motifs is 1. The quantitative estimate of drug-likeness (QED) is 0.309. The van der Waals surface area contributed by atoms with Gasteiger partial charge >= 0.3 is 5.97 Å². The van der Waals surface area contributed by atoms with E-state index in [-0.39, 0.29) is 30.4 Å². The molecule has 35 heavy (non-hydrogen) atoms. The lowest BCUT2D eigenvalue weighted by Crippen LogP contribution is -2.60. The number of benzene rings is 2. The van der Waals surface area contributed by atoms with Crippen molar-refractivity contribution in [3.63, 3.8) is 0 Å². The number of amides is 1. The Hall–Kier alpha value is -2.86. The van der Waals surface area contributed by atoms with Crippen LogP contribution in [0.1, 0.15) is 12.5 Å². The largest absolute Gasteiger partial charge is 0.457 e. The third kappa shape index (κ3) is 3.48. The topological polar surface area (TPSA) is 124 Å². The van der Waals surface area contributed by atoms with Gasteiger partial charge in [-0.25, -0.2) is 13.2 Å². The molecule has 0 aliphatic carbocycles. The van der Waals surface area contributed by atoms with Crippen LogP contribution in [0.3, 0.4) is 0 Å². The lowest BCUT2D eigenvalue weighted by Gasteiger charge is -2.43. The van der Waals surface area contributed by atoms with Gasteiger partial charge in [-0.3, -0.25) is 14.0 Å². The third-order valence-corrected chi connectivity index (χ3v) is 9.63. The highest BCUT2D eigenvalue weighted by Crippen LogP contribution is 2.52. The van der Waals surface area contributed by atoms with Crippen molar-refractivity contribution in [2.24, 2.45) is 5.92 Å². The number of rotatable bonds is 8. The average Bonchev–Trinajstić information content (AvgIpc) is 3.25. The van der Waals surface area contributed by atoms with Gasteiger partial charge in [0.05, 0.1) is 29.1 Å². The van der Waals surface area contributed by atoms with Crippen molar-refractivity contribution in [1.29, 1.82) is 0 Å². The molecule has 3 aliphatic rings. The van der Waals surface area contributed by atoms with Gasteiger partial charge in [-0.2, -0.15) is 0 Å². The van der Waals surface area contributed by atoms with Crippen molar-refractivity contribution in [2.45, 2.75) is 29.7 Å². The number of aliphatic hydroxyl groups excluding tert-OH is 2. The SMILES string of the molecule is C=CCOC(=O)C1=C(CN2c3cccc4c(CCO)ccc(c34)S2(=O)=O)SC2C([C@H](C)O)C(=O)N12. The van der Waals surface area contributed by atoms with Gasteiger partial charge in [-0.05, 0) is 36.4 Å². The van der Waals surface area contributed by atoms with Gasteiger partial charge in [0.1, 0.15) is 17.7 Å². The number of nitrogens with zero attached hydrogens (tertiary/aromatic N) is 2. The number of carbonyl (C=O) groups excluding carboxylic acids is 2. The second-order valence-corrected chi connectivity index (χ2v) is 11.6. The lowest BCUT2D eigenvalue weighted by atomic mass is 9.92. The standard InChI is InChI=1S/C24H24N2O7S2/c1-3-11-33-24(30)21-17(34-23-19(13(2)28)22(29)26(21)23)12-25-16-6-4-5-15-14(9-10-27)7-8-18(20(15)16)35(25,31)32/h3-8,13,19,23,27-28H,1,9-12H2,2H3/t13-,19?,23?/m0/s1. The molecule has 0 saturated carbocycles. The molecule has 9 nitrogen and oxygen atoms in total. The summed E-state index contributed by atoms with van der Waals surface area (Å²) in [6.07, 6.45) is 0.875. The van der Waals surface area contributed by atoms with Crippen molar-refractivity contribution in [3.8, 4) is 0 Å². The Labute approximate surface area is 206 Å². The number of anilines is 1. The minimum Gasteiger partial charge on any atom is -0.457 e. The van der Waals surface area contributed by atoms with Crippen LogP contribution in [-0.4, -0.2) is 66.6 Å². The van der Waals surface area contributed by atoms with Crippen molar-refractivity contribution in [2.75, 3.05) is 24.1 Å². The first kappa shape index (κ1) is 23.9. The summed E-state index contributed by atoms with van der Waals surface area (Å²) >= 11 is 1.20. The summed E-state index contributed by atoms with van der Waals surface area (Å²) in [6.45, 7) is 4.75. The van der Waals surface area contributed by atoms with Gasteiger partial charge in [-0.1, -0.05) is 42.6 Å². The Bertz CT molecular complexity index is 1400. The molecular weight excluding hydrogens is 492 g/mol. The zero-order valence-electron chi connectivity index (χ0n) is 18.9. The van der Waals surface area contributed by atoms with Crippen molar-refractivity contribution < 1.29 is 33.0 Å². The molecule has 3 atom stereocenters. The highest BCUT2D eigenvalue weighted by molar-refractivity contribution is 8.04. The fraction of sp³-hybridized carbons (Fsp3) is 0.333. The number of hydrogen-bond acceptors (Lipinski definition) is 8. The summed E-state index contributed by atoms with van der Waals surface area (Å²) in [5, 5.41) is 20.3. The maximum atomic E-state index is 13.6. The van der Waals surface area contributed by atoms with Gasteiger partial charge in [0.15, 0.2) is 0 Å². The molecule has 3 aliphatic heterocycles. The van der Waals surface area contributed by atoms with E-state index in [0.29, 0.717) is 22.4 Å². The highest BCUT2D eigenvalue weighted by atomic mass is 32.2. The summed E-state index contributed by atoms with van der Waals surface area (Å²) in [7, 11) is -3.94. The molecular formula is C24H24N2O7S2. The van der Waals surface area contributed by atoms with Gasteiger partial charge in [0, 0.05) is 16.9 Å². The number of thioether (sulfide) groups is 1. The molecule has 0 spiro atoms.